The summed E-state index contributed by atoms with van der Waals surface area (Å²) in [7, 11) is 1.48. The van der Waals surface area contributed by atoms with Crippen LogP contribution in [0.25, 0.3) is 0 Å². The van der Waals surface area contributed by atoms with Crippen LogP contribution in [0.3, 0.4) is 0 Å². The van der Waals surface area contributed by atoms with Crippen molar-refractivity contribution in [2.75, 3.05) is 47.5 Å². The number of rotatable bonds is 26. The third-order valence-corrected chi connectivity index (χ3v) is 7.12. The van der Waals surface area contributed by atoms with Crippen LogP contribution in [0.5, 0.6) is 0 Å². The van der Waals surface area contributed by atoms with E-state index in [0.29, 0.717) is 23.9 Å². The molecular weight excluding hydrogens is 509 g/mol. The van der Waals surface area contributed by atoms with Crippen molar-refractivity contribution in [3.8, 4) is 0 Å². The average molecular weight is 567 g/mol. The molecule has 10 heteroatoms. The number of quaternary nitrogens is 1. The third kappa shape index (κ3) is 25.3. The molecule has 0 spiro atoms. The summed E-state index contributed by atoms with van der Waals surface area (Å²) in [6.45, 7) is 4.28. The fourth-order valence-electron chi connectivity index (χ4n) is 3.72. The van der Waals surface area contributed by atoms with Gasteiger partial charge in [0.1, 0.15) is 19.8 Å². The maximum Gasteiger partial charge on any atom is 0.472 e. The summed E-state index contributed by atoms with van der Waals surface area (Å²) in [6.07, 6.45) is 14.7. The zero-order valence-electron chi connectivity index (χ0n) is 24.9. The molecule has 9 nitrogen and oxygen atoms in total. The molecule has 2 atom stereocenters. The molecule has 0 aliphatic heterocycles. The lowest BCUT2D eigenvalue weighted by molar-refractivity contribution is -0.870. The van der Waals surface area contributed by atoms with E-state index < -0.39 is 26.5 Å². The van der Waals surface area contributed by atoms with Gasteiger partial charge in [-0.2, -0.15) is 0 Å². The summed E-state index contributed by atoms with van der Waals surface area (Å²) in [5, 5.41) is 0. The van der Waals surface area contributed by atoms with Crippen molar-refractivity contribution in [2.24, 2.45) is 0 Å². The molecule has 38 heavy (non-hydrogen) atoms. The Hall–Kier alpha value is -0.990. The van der Waals surface area contributed by atoms with E-state index in [-0.39, 0.29) is 25.6 Å². The van der Waals surface area contributed by atoms with E-state index >= 15 is 0 Å². The van der Waals surface area contributed by atoms with Gasteiger partial charge in [0.2, 0.25) is 0 Å². The molecule has 0 aromatic heterocycles. The van der Waals surface area contributed by atoms with Gasteiger partial charge in [-0.1, -0.05) is 90.9 Å². The predicted molar refractivity (Wildman–Crippen MR) is 151 cm³/mol. The first kappa shape index (κ1) is 37.0. The number of nitrogens with zero attached hydrogens (tertiary/aromatic N) is 1. The molecule has 0 rings (SSSR count). The lowest BCUT2D eigenvalue weighted by Crippen LogP contribution is -2.37. The van der Waals surface area contributed by atoms with Crippen molar-refractivity contribution in [3.63, 3.8) is 0 Å². The molecule has 0 saturated heterocycles. The standard InChI is InChI=1S/C28H56NO8P/c1-6-8-10-12-14-16-18-20-27(30)34-24-26(25-36-38(32,33)35-23-22-29(3,4)5)37-28(31)21-19-17-15-13-11-9-7-2/h26H,6-25H2,1-5H3/p+1. The van der Waals surface area contributed by atoms with Gasteiger partial charge in [0.05, 0.1) is 27.7 Å². The molecule has 0 fully saturated rings. The molecule has 0 heterocycles. The molecule has 0 amide bonds. The molecule has 0 bridgehead atoms. The number of hydrogen-bond acceptors (Lipinski definition) is 7. The topological polar surface area (TPSA) is 108 Å². The Morgan fingerprint density at radius 3 is 1.68 bits per heavy atom. The summed E-state index contributed by atoms with van der Waals surface area (Å²) in [6, 6.07) is 0. The minimum Gasteiger partial charge on any atom is -0.462 e. The number of esters is 2. The minimum atomic E-state index is -4.34. The molecule has 0 aliphatic rings. The predicted octanol–water partition coefficient (Wildman–Crippen LogP) is 6.56. The Morgan fingerprint density at radius 2 is 1.18 bits per heavy atom. The quantitative estimate of drug-likeness (QED) is 0.0543. The second-order valence-electron chi connectivity index (χ2n) is 11.1. The monoisotopic (exact) mass is 566 g/mol. The van der Waals surface area contributed by atoms with E-state index in [2.05, 4.69) is 13.8 Å². The highest BCUT2D eigenvalue weighted by molar-refractivity contribution is 7.47. The van der Waals surface area contributed by atoms with Crippen LogP contribution >= 0.6 is 7.82 Å². The van der Waals surface area contributed by atoms with Gasteiger partial charge in [0.15, 0.2) is 6.10 Å². The maximum absolute atomic E-state index is 12.4. The lowest BCUT2D eigenvalue weighted by Gasteiger charge is -2.24. The first-order chi connectivity index (χ1) is 18.0. The van der Waals surface area contributed by atoms with Crippen molar-refractivity contribution < 1.29 is 42.1 Å². The number of carbonyl (C=O) groups excluding carboxylic acids is 2. The van der Waals surface area contributed by atoms with Crippen molar-refractivity contribution in [1.82, 2.24) is 0 Å². The molecule has 0 aliphatic carbocycles. The van der Waals surface area contributed by atoms with Crippen LogP contribution in [0.2, 0.25) is 0 Å². The van der Waals surface area contributed by atoms with Crippen molar-refractivity contribution in [2.45, 2.75) is 123 Å². The number of phosphoric acid groups is 1. The zero-order chi connectivity index (χ0) is 28.7. The second-order valence-corrected chi connectivity index (χ2v) is 12.6. The van der Waals surface area contributed by atoms with Gasteiger partial charge < -0.3 is 18.9 Å². The Labute approximate surface area is 232 Å². The Bertz CT molecular complexity index is 653. The number of likely N-dealkylation sites (N-methyl/N-ethyl adjacent to an activating group) is 1. The SMILES string of the molecule is CCCCCCCCCC(=O)OCC(COP(=O)(O)OCC[N+](C)(C)C)OC(=O)CCCCCCCCC. The number of ether oxygens (including phenoxy) is 2. The summed E-state index contributed by atoms with van der Waals surface area (Å²) >= 11 is 0. The van der Waals surface area contributed by atoms with Gasteiger partial charge in [-0.3, -0.25) is 18.6 Å². The van der Waals surface area contributed by atoms with Crippen LogP contribution < -0.4 is 0 Å². The van der Waals surface area contributed by atoms with Gasteiger partial charge in [0.25, 0.3) is 0 Å². The summed E-state index contributed by atoms with van der Waals surface area (Å²) < 4.78 is 33.7. The first-order valence-electron chi connectivity index (χ1n) is 14.8. The van der Waals surface area contributed by atoms with Gasteiger partial charge in [0, 0.05) is 12.8 Å². The number of phosphoric ester groups is 1. The normalized spacial score (nSPS) is 14.2. The van der Waals surface area contributed by atoms with Crippen LogP contribution in [0, 0.1) is 0 Å². The van der Waals surface area contributed by atoms with Crippen molar-refractivity contribution >= 4 is 19.8 Å². The summed E-state index contributed by atoms with van der Waals surface area (Å²) in [4.78, 5) is 34.6. The Balaban J connectivity index is 4.58. The highest BCUT2D eigenvalue weighted by Gasteiger charge is 2.27. The molecular formula is C28H57NO8P+. The van der Waals surface area contributed by atoms with Crippen molar-refractivity contribution in [3.05, 3.63) is 0 Å². The molecule has 0 radical (unpaired) electrons. The fourth-order valence-corrected chi connectivity index (χ4v) is 4.46. The molecule has 0 aromatic rings. The van der Waals surface area contributed by atoms with E-state index in [1.54, 1.807) is 0 Å². The van der Waals surface area contributed by atoms with E-state index in [4.69, 9.17) is 18.5 Å². The fraction of sp³-hybridized carbons (Fsp3) is 0.929. The maximum atomic E-state index is 12.4. The molecule has 1 N–H and O–H groups in total. The Morgan fingerprint density at radius 1 is 0.711 bits per heavy atom. The molecule has 0 aromatic carbocycles. The van der Waals surface area contributed by atoms with E-state index in [0.717, 1.165) is 38.5 Å². The lowest BCUT2D eigenvalue weighted by atomic mass is 10.1. The zero-order valence-corrected chi connectivity index (χ0v) is 25.8. The highest BCUT2D eigenvalue weighted by Crippen LogP contribution is 2.43. The number of carbonyl (C=O) groups is 2. The third-order valence-electron chi connectivity index (χ3n) is 6.14. The molecule has 0 saturated carbocycles. The van der Waals surface area contributed by atoms with Gasteiger partial charge in [-0.05, 0) is 12.8 Å². The van der Waals surface area contributed by atoms with Gasteiger partial charge in [-0.25, -0.2) is 4.57 Å². The second kappa shape index (κ2) is 22.8. The largest absolute Gasteiger partial charge is 0.472 e. The summed E-state index contributed by atoms with van der Waals surface area (Å²) in [5.41, 5.74) is 0. The molecule has 2 unspecified atom stereocenters. The highest BCUT2D eigenvalue weighted by atomic mass is 31.2. The number of unbranched alkanes of at least 4 members (excludes halogenated alkanes) is 12. The average Bonchev–Trinajstić information content (AvgIpc) is 2.83. The van der Waals surface area contributed by atoms with Crippen LogP contribution in [-0.4, -0.2) is 74.9 Å². The Kier molecular flexibility index (Phi) is 22.2. The smallest absolute Gasteiger partial charge is 0.462 e. The van der Waals surface area contributed by atoms with Crippen LogP contribution in [-0.2, 0) is 32.7 Å². The first-order valence-corrected chi connectivity index (χ1v) is 16.3. The van der Waals surface area contributed by atoms with E-state index in [1.165, 1.54) is 44.9 Å². The van der Waals surface area contributed by atoms with E-state index in [9.17, 15) is 19.0 Å². The van der Waals surface area contributed by atoms with E-state index in [1.807, 2.05) is 21.1 Å². The van der Waals surface area contributed by atoms with Crippen LogP contribution in [0.4, 0.5) is 0 Å². The number of hydrogen-bond donors (Lipinski definition) is 1. The van der Waals surface area contributed by atoms with Crippen LogP contribution in [0.15, 0.2) is 0 Å². The summed E-state index contributed by atoms with van der Waals surface area (Å²) in [5.74, 6) is -0.813. The van der Waals surface area contributed by atoms with Gasteiger partial charge >= 0.3 is 19.8 Å². The minimum absolute atomic E-state index is 0.0351. The van der Waals surface area contributed by atoms with Crippen molar-refractivity contribution in [1.29, 1.82) is 0 Å². The molecule has 226 valence electrons. The van der Waals surface area contributed by atoms with Crippen LogP contribution in [0.1, 0.15) is 117 Å². The van der Waals surface area contributed by atoms with Gasteiger partial charge in [-0.15, -0.1) is 0 Å².